The third-order valence-electron chi connectivity index (χ3n) is 8.68. The summed E-state index contributed by atoms with van der Waals surface area (Å²) >= 11 is 11.3. The van der Waals surface area contributed by atoms with E-state index in [-0.39, 0.29) is 140 Å². The summed E-state index contributed by atoms with van der Waals surface area (Å²) < 4.78 is 1.60. The molecule has 10 N–H and O–H groups in total. The van der Waals surface area contributed by atoms with E-state index < -0.39 is 61.9 Å². The summed E-state index contributed by atoms with van der Waals surface area (Å²) in [7, 11) is 0. The number of rotatable bonds is 25. The standard InChI is InChI=1S/C36H46I6N6O14/c37-25-23(26(38)32(46(8-2-12-50)20(58)16-54)29(41)31(25)45(7-1-11-49)19(57)15-53)35(61)43-5-6-44-36(62)24-27(39)33(47(9-3-13-51)21(59)17-55)30(42)34(28(24)40)48(10-4-14-52)22(60)18-56/h49-56H,1-18H2,(H,43,61)(H,44,62). The molecule has 0 atom stereocenters. The second kappa shape index (κ2) is 29.2. The molecule has 0 saturated carbocycles. The van der Waals surface area contributed by atoms with Gasteiger partial charge in [-0.05, 0) is 161 Å². The van der Waals surface area contributed by atoms with Crippen molar-refractivity contribution in [3.63, 3.8) is 0 Å². The molecule has 62 heavy (non-hydrogen) atoms. The number of hydrogen-bond acceptors (Lipinski definition) is 14. The van der Waals surface area contributed by atoms with E-state index in [0.29, 0.717) is 7.14 Å². The number of hydrogen-bond donors (Lipinski definition) is 10. The van der Waals surface area contributed by atoms with E-state index in [1.807, 2.05) is 136 Å². The molecule has 0 bridgehead atoms. The quantitative estimate of drug-likeness (QED) is 0.0473. The number of amides is 6. The Morgan fingerprint density at radius 3 is 0.758 bits per heavy atom. The van der Waals surface area contributed by atoms with Gasteiger partial charge in [-0.25, -0.2) is 0 Å². The van der Waals surface area contributed by atoms with Crippen LogP contribution in [0.2, 0.25) is 0 Å². The maximum atomic E-state index is 14.1. The lowest BCUT2D eigenvalue weighted by Crippen LogP contribution is -2.41. The third kappa shape index (κ3) is 14.4. The molecule has 0 heterocycles. The lowest BCUT2D eigenvalue weighted by Gasteiger charge is -2.31. The minimum Gasteiger partial charge on any atom is -0.396 e. The molecule has 346 valence electrons. The maximum Gasteiger partial charge on any atom is 0.253 e. The molecular weight excluding hydrogens is 1500 g/mol. The van der Waals surface area contributed by atoms with Gasteiger partial charge in [-0.3, -0.25) is 28.8 Å². The van der Waals surface area contributed by atoms with Crippen molar-refractivity contribution in [3.05, 3.63) is 32.5 Å². The monoisotopic (exact) mass is 1550 g/mol. The fraction of sp³-hybridized carbons (Fsp3) is 0.500. The molecule has 0 aliphatic heterocycles. The first-order chi connectivity index (χ1) is 29.5. The Bertz CT molecular complexity index is 1700. The van der Waals surface area contributed by atoms with E-state index in [2.05, 4.69) is 10.6 Å². The molecule has 2 aromatic carbocycles. The summed E-state index contributed by atoms with van der Waals surface area (Å²) in [5.74, 6) is -4.43. The van der Waals surface area contributed by atoms with Gasteiger partial charge in [0.25, 0.3) is 35.4 Å². The van der Waals surface area contributed by atoms with Gasteiger partial charge in [-0.15, -0.1) is 0 Å². The average Bonchev–Trinajstić information content (AvgIpc) is 3.25. The molecule has 0 saturated heterocycles. The van der Waals surface area contributed by atoms with Gasteiger partial charge in [0.2, 0.25) is 0 Å². The molecular formula is C36H46I6N6O14. The van der Waals surface area contributed by atoms with E-state index >= 15 is 0 Å². The first-order valence-electron chi connectivity index (χ1n) is 18.6. The molecule has 0 aliphatic rings. The molecule has 0 aromatic heterocycles. The fourth-order valence-electron chi connectivity index (χ4n) is 5.85. The second-order valence-electron chi connectivity index (χ2n) is 12.7. The molecule has 0 fully saturated rings. The van der Waals surface area contributed by atoms with Crippen molar-refractivity contribution in [2.75, 3.05) is 112 Å². The number of anilines is 4. The van der Waals surface area contributed by atoms with Gasteiger partial charge < -0.3 is 71.1 Å². The molecule has 6 amide bonds. The highest BCUT2D eigenvalue weighted by Crippen LogP contribution is 2.44. The zero-order valence-corrected chi connectivity index (χ0v) is 45.8. The lowest BCUT2D eigenvalue weighted by molar-refractivity contribution is -0.122. The van der Waals surface area contributed by atoms with E-state index in [0.717, 1.165) is 0 Å². The summed E-state index contributed by atoms with van der Waals surface area (Å²) in [6, 6.07) is 0. The third-order valence-corrected chi connectivity index (χ3v) is 14.9. The summed E-state index contributed by atoms with van der Waals surface area (Å²) in [5, 5.41) is 83.3. The van der Waals surface area contributed by atoms with E-state index in [4.69, 9.17) is 0 Å². The van der Waals surface area contributed by atoms with Crippen molar-refractivity contribution in [1.29, 1.82) is 0 Å². The van der Waals surface area contributed by atoms with Crippen molar-refractivity contribution in [2.45, 2.75) is 25.7 Å². The van der Waals surface area contributed by atoms with Crippen LogP contribution in [0.5, 0.6) is 0 Å². The van der Waals surface area contributed by atoms with Gasteiger partial charge >= 0.3 is 0 Å². The first kappa shape index (κ1) is 57.4. The van der Waals surface area contributed by atoms with Gasteiger partial charge in [0.05, 0.1) is 55.3 Å². The van der Waals surface area contributed by atoms with Crippen molar-refractivity contribution in [1.82, 2.24) is 10.6 Å². The maximum absolute atomic E-state index is 14.1. The smallest absolute Gasteiger partial charge is 0.253 e. The number of halogens is 6. The Kier molecular flexibility index (Phi) is 27.0. The van der Waals surface area contributed by atoms with Crippen LogP contribution in [0.15, 0.2) is 0 Å². The van der Waals surface area contributed by atoms with Crippen LogP contribution in [0.1, 0.15) is 46.4 Å². The number of carbonyl (C=O) groups is 6. The zero-order valence-electron chi connectivity index (χ0n) is 32.8. The SMILES string of the molecule is O=C(NCCNC(=O)c1c(I)c(N(CCCO)C(=O)CO)c(I)c(N(CCCO)C(=O)CO)c1I)c1c(I)c(N(CCCO)C(=O)CO)c(I)c(N(CCCO)C(=O)CO)c1I. The fourth-order valence-corrected chi connectivity index (χ4v) is 15.5. The second-order valence-corrected chi connectivity index (χ2v) is 19.1. The molecule has 0 aliphatic carbocycles. The minimum atomic E-state index is -0.914. The van der Waals surface area contributed by atoms with Gasteiger partial charge in [0.15, 0.2) is 0 Å². The van der Waals surface area contributed by atoms with Crippen LogP contribution in [0, 0.1) is 21.4 Å². The van der Waals surface area contributed by atoms with E-state index in [1.54, 1.807) is 0 Å². The van der Waals surface area contributed by atoms with E-state index in [9.17, 15) is 69.6 Å². The Balaban J connectivity index is 2.73. The van der Waals surface area contributed by atoms with Gasteiger partial charge in [-0.2, -0.15) is 0 Å². The number of benzene rings is 2. The Labute approximate surface area is 438 Å². The number of nitrogens with zero attached hydrogens (tertiary/aromatic N) is 4. The van der Waals surface area contributed by atoms with Crippen LogP contribution < -0.4 is 30.2 Å². The number of nitrogens with one attached hydrogen (secondary N) is 2. The summed E-state index contributed by atoms with van der Waals surface area (Å²) in [5.41, 5.74) is 0.631. The average molecular weight is 1550 g/mol. The predicted octanol–water partition coefficient (Wildman–Crippen LogP) is 0.305. The largest absolute Gasteiger partial charge is 0.396 e. The highest BCUT2D eigenvalue weighted by molar-refractivity contribution is 14.1. The highest BCUT2D eigenvalue weighted by atomic mass is 127. The van der Waals surface area contributed by atoms with Crippen LogP contribution in [-0.2, 0) is 19.2 Å². The van der Waals surface area contributed by atoms with Crippen LogP contribution in [0.3, 0.4) is 0 Å². The molecule has 26 heteroatoms. The first-order valence-corrected chi connectivity index (χ1v) is 25.0. The summed E-state index contributed by atoms with van der Waals surface area (Å²) in [6.45, 7) is -5.53. The lowest BCUT2D eigenvalue weighted by atomic mass is 10.1. The van der Waals surface area contributed by atoms with Gasteiger partial charge in [-0.1, -0.05) is 0 Å². The highest BCUT2D eigenvalue weighted by Gasteiger charge is 2.35. The van der Waals surface area contributed by atoms with Crippen LogP contribution in [0.4, 0.5) is 22.7 Å². The van der Waals surface area contributed by atoms with Crippen molar-refractivity contribution in [3.8, 4) is 0 Å². The summed E-state index contributed by atoms with van der Waals surface area (Å²) in [4.78, 5) is 85.5. The predicted molar refractivity (Wildman–Crippen MR) is 278 cm³/mol. The van der Waals surface area contributed by atoms with Crippen molar-refractivity contribution in [2.24, 2.45) is 0 Å². The minimum absolute atomic E-state index is 0.00600. The molecule has 0 unspecified atom stereocenters. The topological polar surface area (TPSA) is 301 Å². The molecule has 0 radical (unpaired) electrons. The number of carbonyl (C=O) groups excluding carboxylic acids is 6. The van der Waals surface area contributed by atoms with E-state index in [1.165, 1.54) is 19.6 Å². The molecule has 0 spiro atoms. The molecule has 20 nitrogen and oxygen atoms in total. The number of aliphatic hydroxyl groups excluding tert-OH is 8. The molecule has 2 aromatic rings. The molecule has 2 rings (SSSR count). The normalized spacial score (nSPS) is 11.0. The Hall–Kier alpha value is -0.680. The number of aliphatic hydroxyl groups is 8. The van der Waals surface area contributed by atoms with Gasteiger partial charge in [0.1, 0.15) is 26.4 Å². The van der Waals surface area contributed by atoms with Crippen LogP contribution >= 0.6 is 136 Å². The Morgan fingerprint density at radius 1 is 0.371 bits per heavy atom. The summed E-state index contributed by atoms with van der Waals surface area (Å²) in [6.07, 6.45) is 0.399. The van der Waals surface area contributed by atoms with Crippen molar-refractivity contribution < 1.29 is 69.6 Å². The zero-order chi connectivity index (χ0) is 46.8. The van der Waals surface area contributed by atoms with Crippen molar-refractivity contribution >= 4 is 194 Å². The van der Waals surface area contributed by atoms with Crippen LogP contribution in [0.25, 0.3) is 0 Å². The Morgan fingerprint density at radius 2 is 0.581 bits per heavy atom. The van der Waals surface area contributed by atoms with Gasteiger partial charge in [0, 0.05) is 65.7 Å². The van der Waals surface area contributed by atoms with Crippen LogP contribution in [-0.4, -0.2) is 168 Å².